The molecule has 0 fully saturated rings. The lowest BCUT2D eigenvalue weighted by molar-refractivity contribution is -0.365. The van der Waals surface area contributed by atoms with Crippen LogP contribution in [0, 0.1) is 0 Å². The Kier molecular flexibility index (Phi) is 8.50. The zero-order valence-electron chi connectivity index (χ0n) is 18.3. The maximum Gasteiger partial charge on any atom is 0.414 e. The van der Waals surface area contributed by atoms with Crippen molar-refractivity contribution in [1.29, 1.82) is 0 Å². The Balaban J connectivity index is 0.000000229. The molecule has 1 aromatic heterocycles. The van der Waals surface area contributed by atoms with Gasteiger partial charge in [0.2, 0.25) is 0 Å². The van der Waals surface area contributed by atoms with Gasteiger partial charge < -0.3 is 10.6 Å². The van der Waals surface area contributed by atoms with Gasteiger partial charge in [-0.25, -0.2) is 4.98 Å². The summed E-state index contributed by atoms with van der Waals surface area (Å²) in [6.45, 7) is 0.847. The van der Waals surface area contributed by atoms with E-state index in [1.54, 1.807) is 12.4 Å². The largest absolute Gasteiger partial charge is 0.414 e. The highest BCUT2D eigenvalue weighted by atomic mass is 32.1. The summed E-state index contributed by atoms with van der Waals surface area (Å²) in [6, 6.07) is 23.8. The van der Waals surface area contributed by atoms with Crippen LogP contribution in [-0.2, 0) is 17.6 Å². The van der Waals surface area contributed by atoms with Crippen molar-refractivity contribution in [2.75, 3.05) is 17.7 Å². The maximum absolute atomic E-state index is 12.5. The summed E-state index contributed by atoms with van der Waals surface area (Å²) in [6.07, 6.45) is -0.664. The zero-order valence-corrected chi connectivity index (χ0v) is 19.2. The van der Waals surface area contributed by atoms with Crippen LogP contribution >= 0.6 is 12.6 Å². The van der Waals surface area contributed by atoms with Crippen LogP contribution in [0.4, 0.5) is 24.8 Å². The molecular weight excluding hydrogens is 461 g/mol. The smallest absolute Gasteiger partial charge is 0.382 e. The number of aromatic nitrogens is 2. The number of thiol groups is 1. The van der Waals surface area contributed by atoms with E-state index in [-0.39, 0.29) is 4.90 Å². The molecule has 0 aliphatic heterocycles. The third-order valence-corrected chi connectivity index (χ3v) is 5.28. The first-order valence-electron chi connectivity index (χ1n) is 10.2. The van der Waals surface area contributed by atoms with Crippen LogP contribution in [0.1, 0.15) is 11.1 Å². The molecular formula is C25H23F3N4OS. The lowest BCUT2D eigenvalue weighted by Crippen LogP contribution is -2.15. The summed E-state index contributed by atoms with van der Waals surface area (Å²) in [5.41, 5.74) is 9.42. The molecule has 3 aromatic carbocycles. The third kappa shape index (κ3) is 6.49. The lowest BCUT2D eigenvalue weighted by atomic mass is 10.1. The fourth-order valence-corrected chi connectivity index (χ4v) is 3.44. The molecule has 0 aliphatic rings. The number of anilines is 2. The van der Waals surface area contributed by atoms with Gasteiger partial charge in [0.15, 0.2) is 0 Å². The van der Waals surface area contributed by atoms with E-state index < -0.39 is 11.7 Å². The second-order valence-electron chi connectivity index (χ2n) is 7.29. The average Bonchev–Trinajstić information content (AvgIpc) is 2.86. The molecule has 5 nitrogen and oxygen atoms in total. The van der Waals surface area contributed by atoms with Crippen molar-refractivity contribution in [2.45, 2.75) is 17.5 Å². The molecule has 9 heteroatoms. The van der Waals surface area contributed by atoms with E-state index in [4.69, 9.17) is 5.73 Å². The molecule has 0 radical (unpaired) electrons. The van der Waals surface area contributed by atoms with Crippen LogP contribution in [0.2, 0.25) is 0 Å². The van der Waals surface area contributed by atoms with Crippen LogP contribution in [0.5, 0.6) is 0 Å². The molecule has 176 valence electrons. The molecule has 34 heavy (non-hydrogen) atoms. The van der Waals surface area contributed by atoms with Crippen molar-refractivity contribution in [3.8, 4) is 11.3 Å². The average molecular weight is 485 g/mol. The van der Waals surface area contributed by atoms with E-state index in [9.17, 15) is 13.3 Å². The monoisotopic (exact) mass is 484 g/mol. The van der Waals surface area contributed by atoms with Gasteiger partial charge in [-0.2, -0.15) is 8.78 Å². The number of hydrogen-bond acceptors (Lipinski definition) is 6. The summed E-state index contributed by atoms with van der Waals surface area (Å²) >= 11 is 3.72. The Morgan fingerprint density at radius 2 is 1.53 bits per heavy atom. The minimum atomic E-state index is -3.92. The fraction of sp³-hybridized carbons (Fsp3) is 0.120. The summed E-state index contributed by atoms with van der Waals surface area (Å²) < 4.78 is 36.4. The van der Waals surface area contributed by atoms with Gasteiger partial charge in [0.1, 0.15) is 11.5 Å². The summed E-state index contributed by atoms with van der Waals surface area (Å²) in [5, 5.41) is 0. The van der Waals surface area contributed by atoms with E-state index in [1.807, 2.05) is 30.3 Å². The van der Waals surface area contributed by atoms with Crippen molar-refractivity contribution < 1.29 is 18.2 Å². The van der Waals surface area contributed by atoms with Gasteiger partial charge >= 0.3 is 6.11 Å². The molecule has 0 spiro atoms. The van der Waals surface area contributed by atoms with Crippen molar-refractivity contribution in [1.82, 2.24) is 9.97 Å². The lowest BCUT2D eigenvalue weighted by Gasteiger charge is -2.19. The Labute approximate surface area is 201 Å². The molecule has 0 atom stereocenters. The van der Waals surface area contributed by atoms with Crippen LogP contribution in [0.15, 0.2) is 96.2 Å². The normalized spacial score (nSPS) is 10.9. The summed E-state index contributed by atoms with van der Waals surface area (Å²) in [7, 11) is 2.09. The van der Waals surface area contributed by atoms with Gasteiger partial charge in [-0.05, 0) is 34.4 Å². The molecule has 1 heterocycles. The zero-order chi connectivity index (χ0) is 24.6. The number of hydrogen-bond donors (Lipinski definition) is 2. The molecule has 4 rings (SSSR count). The van der Waals surface area contributed by atoms with Gasteiger partial charge in [-0.1, -0.05) is 54.6 Å². The molecule has 0 saturated carbocycles. The Morgan fingerprint density at radius 1 is 0.912 bits per heavy atom. The quantitative estimate of drug-likeness (QED) is 0.315. The van der Waals surface area contributed by atoms with Gasteiger partial charge in [0.05, 0.1) is 5.56 Å². The number of halogens is 3. The van der Waals surface area contributed by atoms with Crippen molar-refractivity contribution in [2.24, 2.45) is 0 Å². The first-order valence-corrected chi connectivity index (χ1v) is 10.6. The number of nitrogens with two attached hydrogens (primary N) is 1. The molecule has 4 aromatic rings. The van der Waals surface area contributed by atoms with Crippen molar-refractivity contribution in [3.05, 3.63) is 102 Å². The van der Waals surface area contributed by atoms with Crippen molar-refractivity contribution in [3.63, 3.8) is 0 Å². The van der Waals surface area contributed by atoms with Crippen LogP contribution < -0.4 is 10.6 Å². The topological polar surface area (TPSA) is 64.3 Å². The Bertz CT molecular complexity index is 1190. The Morgan fingerprint density at radius 3 is 2.15 bits per heavy atom. The van der Waals surface area contributed by atoms with Crippen LogP contribution in [-0.4, -0.2) is 17.0 Å². The fourth-order valence-electron chi connectivity index (χ4n) is 3.15. The number of nitrogens with zero attached hydrogens (tertiary/aromatic N) is 3. The number of para-hydroxylation sites is 1. The number of rotatable bonds is 6. The van der Waals surface area contributed by atoms with E-state index in [0.29, 0.717) is 5.82 Å². The molecule has 2 N–H and O–H groups in total. The van der Waals surface area contributed by atoms with E-state index in [1.165, 1.54) is 29.4 Å². The number of benzene rings is 3. The predicted octanol–water partition coefficient (Wildman–Crippen LogP) is 6.29. The van der Waals surface area contributed by atoms with E-state index >= 15 is 0 Å². The SMILES string of the molecule is CN(Cc1ccc(-c2nccnc2N)cc1)c1ccccc1.FOC(F)(F)c1ccccc1S. The van der Waals surface area contributed by atoms with Gasteiger partial charge in [-0.3, -0.25) is 4.98 Å². The van der Waals surface area contributed by atoms with Gasteiger partial charge in [0, 0.05) is 42.1 Å². The highest BCUT2D eigenvalue weighted by Crippen LogP contribution is 2.33. The van der Waals surface area contributed by atoms with Crippen LogP contribution in [0.25, 0.3) is 11.3 Å². The highest BCUT2D eigenvalue weighted by molar-refractivity contribution is 7.80. The first kappa shape index (κ1) is 25.1. The van der Waals surface area contributed by atoms with E-state index in [2.05, 4.69) is 63.8 Å². The minimum Gasteiger partial charge on any atom is -0.382 e. The van der Waals surface area contributed by atoms with Crippen LogP contribution in [0.3, 0.4) is 0 Å². The molecule has 0 amide bonds. The Hall–Kier alpha value is -3.56. The minimum absolute atomic E-state index is 0.0137. The maximum atomic E-state index is 12.5. The third-order valence-electron chi connectivity index (χ3n) is 4.89. The molecule has 0 aliphatic carbocycles. The summed E-state index contributed by atoms with van der Waals surface area (Å²) in [4.78, 5) is 13.1. The predicted molar refractivity (Wildman–Crippen MR) is 130 cm³/mol. The second-order valence-corrected chi connectivity index (χ2v) is 7.77. The standard InChI is InChI=1S/C18H18N4.C7H5F3OS/c1-22(16-5-3-2-4-6-16)13-14-7-9-15(10-8-14)17-18(19)21-12-11-20-17;8-7(9,11-10)5-3-1-2-4-6(5)12/h2-12H,13H2,1H3,(H2,19,21);1-4,12H. The molecule has 0 unspecified atom stereocenters. The number of nitrogen functional groups attached to an aromatic ring is 1. The first-order chi connectivity index (χ1) is 16.3. The second kappa shape index (κ2) is 11.5. The number of alkyl halides is 2. The molecule has 0 saturated heterocycles. The van der Waals surface area contributed by atoms with E-state index in [0.717, 1.165) is 23.9 Å². The van der Waals surface area contributed by atoms with Gasteiger partial charge in [-0.15, -0.1) is 17.6 Å². The molecule has 0 bridgehead atoms. The van der Waals surface area contributed by atoms with Crippen molar-refractivity contribution >= 4 is 24.1 Å². The summed E-state index contributed by atoms with van der Waals surface area (Å²) in [5.74, 6) is 0.455. The van der Waals surface area contributed by atoms with Gasteiger partial charge in [0.25, 0.3) is 0 Å². The highest BCUT2D eigenvalue weighted by Gasteiger charge is 2.35.